The van der Waals surface area contributed by atoms with Crippen LogP contribution in [0.4, 0.5) is 0 Å². The van der Waals surface area contributed by atoms with Crippen LogP contribution in [0.15, 0.2) is 17.4 Å². The molecule has 120 valence electrons. The largest absolute Gasteiger partial charge is 0.329 e. The highest BCUT2D eigenvalue weighted by atomic mass is 16.2. The summed E-state index contributed by atoms with van der Waals surface area (Å²) >= 11 is 0. The number of amides is 2. The topological polar surface area (TPSA) is 73.1 Å². The first kappa shape index (κ1) is 17.7. The lowest BCUT2D eigenvalue weighted by atomic mass is 10.1. The molecule has 1 atom stereocenters. The van der Waals surface area contributed by atoms with Crippen molar-refractivity contribution in [2.75, 3.05) is 0 Å². The highest BCUT2D eigenvalue weighted by molar-refractivity contribution is 5.99. The molecule has 2 heterocycles. The molecule has 6 nitrogen and oxygen atoms in total. The zero-order valence-electron chi connectivity index (χ0n) is 13.5. The number of allylic oxidation sites excluding steroid dienone is 1. The summed E-state index contributed by atoms with van der Waals surface area (Å²) in [4.78, 5) is 35.5. The minimum Gasteiger partial charge on any atom is -0.295 e. The molecule has 0 aliphatic carbocycles. The van der Waals surface area contributed by atoms with Gasteiger partial charge in [0.15, 0.2) is 0 Å². The van der Waals surface area contributed by atoms with Crippen molar-refractivity contribution in [1.82, 2.24) is 14.5 Å². The average molecular weight is 305 g/mol. The van der Waals surface area contributed by atoms with E-state index in [1.165, 1.54) is 9.13 Å². The van der Waals surface area contributed by atoms with Crippen LogP contribution in [-0.2, 0) is 16.6 Å². The third kappa shape index (κ3) is 3.10. The van der Waals surface area contributed by atoms with E-state index >= 15 is 0 Å². The number of hydrogen-bond donors (Lipinski definition) is 1. The minimum absolute atomic E-state index is 0.229. The molecule has 0 spiro atoms. The number of rotatable bonds is 3. The molecule has 2 rings (SSSR count). The second-order valence-corrected chi connectivity index (χ2v) is 4.65. The Morgan fingerprint density at radius 2 is 1.86 bits per heavy atom. The second-order valence-electron chi connectivity index (χ2n) is 4.65. The van der Waals surface area contributed by atoms with Gasteiger partial charge in [0, 0.05) is 13.5 Å². The first-order chi connectivity index (χ1) is 10.5. The Hall–Kier alpha value is -2.37. The van der Waals surface area contributed by atoms with E-state index in [1.54, 1.807) is 19.2 Å². The Morgan fingerprint density at radius 1 is 1.23 bits per heavy atom. The van der Waals surface area contributed by atoms with Gasteiger partial charge in [-0.05, 0) is 25.5 Å². The van der Waals surface area contributed by atoms with Gasteiger partial charge in [-0.15, -0.1) is 0 Å². The number of imidazole rings is 1. The zero-order chi connectivity index (χ0) is 16.9. The molecule has 0 bridgehead atoms. The van der Waals surface area contributed by atoms with E-state index in [1.807, 2.05) is 26.8 Å². The van der Waals surface area contributed by atoms with E-state index in [9.17, 15) is 14.4 Å². The first-order valence-electron chi connectivity index (χ1n) is 7.41. The van der Waals surface area contributed by atoms with E-state index in [-0.39, 0.29) is 18.0 Å². The Morgan fingerprint density at radius 3 is 2.36 bits per heavy atom. The molecule has 2 amide bonds. The van der Waals surface area contributed by atoms with E-state index in [4.69, 9.17) is 0 Å². The van der Waals surface area contributed by atoms with E-state index < -0.39 is 11.9 Å². The van der Waals surface area contributed by atoms with Crippen molar-refractivity contribution in [2.24, 2.45) is 7.05 Å². The van der Waals surface area contributed by atoms with Crippen LogP contribution in [0.2, 0.25) is 0 Å². The van der Waals surface area contributed by atoms with Crippen LogP contribution in [0.1, 0.15) is 51.0 Å². The standard InChI is InChI=1S/C14H17N3O3.C2H6/c1-4-6-10-9(5-2)17(14(20)16(10)3)11-7-8-12(18)15-13(11)19;1-2/h4-6,11H,2,7-8H2,1,3H3,(H,15,18,19);1-2H3/b6-4-;. The van der Waals surface area contributed by atoms with Crippen molar-refractivity contribution in [2.45, 2.75) is 39.7 Å². The van der Waals surface area contributed by atoms with Gasteiger partial charge < -0.3 is 0 Å². The first-order valence-corrected chi connectivity index (χ1v) is 7.41. The van der Waals surface area contributed by atoms with Gasteiger partial charge in [-0.1, -0.05) is 26.5 Å². The monoisotopic (exact) mass is 305 g/mol. The Balaban J connectivity index is 0.00000116. The van der Waals surface area contributed by atoms with E-state index in [0.717, 1.165) is 0 Å². The molecule has 0 saturated carbocycles. The maximum absolute atomic E-state index is 12.3. The number of carbonyl (C=O) groups is 2. The zero-order valence-corrected chi connectivity index (χ0v) is 13.5. The van der Waals surface area contributed by atoms with Crippen LogP contribution in [0, 0.1) is 0 Å². The van der Waals surface area contributed by atoms with Gasteiger partial charge in [0.1, 0.15) is 6.04 Å². The van der Waals surface area contributed by atoms with Gasteiger partial charge in [0.2, 0.25) is 11.8 Å². The molecule has 1 fully saturated rings. The molecule has 0 aromatic carbocycles. The van der Waals surface area contributed by atoms with E-state index in [2.05, 4.69) is 11.9 Å². The summed E-state index contributed by atoms with van der Waals surface area (Å²) in [5.41, 5.74) is 0.991. The summed E-state index contributed by atoms with van der Waals surface area (Å²) < 4.78 is 2.88. The number of nitrogens with zero attached hydrogens (tertiary/aromatic N) is 2. The van der Waals surface area contributed by atoms with Crippen LogP contribution in [-0.4, -0.2) is 20.9 Å². The van der Waals surface area contributed by atoms with E-state index in [0.29, 0.717) is 17.8 Å². The van der Waals surface area contributed by atoms with Gasteiger partial charge in [0.05, 0.1) is 11.4 Å². The summed E-state index contributed by atoms with van der Waals surface area (Å²) in [6, 6.07) is -0.668. The van der Waals surface area contributed by atoms with Crippen molar-refractivity contribution >= 4 is 24.0 Å². The van der Waals surface area contributed by atoms with Crippen molar-refractivity contribution in [3.63, 3.8) is 0 Å². The highest BCUT2D eigenvalue weighted by Gasteiger charge is 2.31. The normalized spacial score (nSPS) is 17.9. The van der Waals surface area contributed by atoms with Gasteiger partial charge in [-0.25, -0.2) is 4.79 Å². The van der Waals surface area contributed by atoms with Crippen molar-refractivity contribution in [3.8, 4) is 0 Å². The van der Waals surface area contributed by atoms with Gasteiger partial charge in [-0.2, -0.15) is 0 Å². The van der Waals surface area contributed by atoms with Crippen LogP contribution < -0.4 is 11.0 Å². The number of hydrogen-bond acceptors (Lipinski definition) is 3. The van der Waals surface area contributed by atoms with Crippen LogP contribution in [0.3, 0.4) is 0 Å². The van der Waals surface area contributed by atoms with Crippen LogP contribution in [0.5, 0.6) is 0 Å². The number of aromatic nitrogens is 2. The molecule has 1 aliphatic heterocycles. The average Bonchev–Trinajstić information content (AvgIpc) is 2.74. The molecule has 1 saturated heterocycles. The fourth-order valence-electron chi connectivity index (χ4n) is 2.45. The lowest BCUT2D eigenvalue weighted by Gasteiger charge is -2.22. The number of carbonyl (C=O) groups excluding carboxylic acids is 2. The molecule has 0 radical (unpaired) electrons. The summed E-state index contributed by atoms with van der Waals surface area (Å²) in [7, 11) is 1.65. The van der Waals surface area contributed by atoms with Crippen LogP contribution in [0.25, 0.3) is 12.2 Å². The Labute approximate surface area is 130 Å². The Kier molecular flexibility index (Phi) is 6.10. The predicted octanol–water partition coefficient (Wildman–Crippen LogP) is 1.87. The number of nitrogens with one attached hydrogen (secondary N) is 1. The smallest absolute Gasteiger partial charge is 0.295 e. The summed E-state index contributed by atoms with van der Waals surface area (Å²) in [6.45, 7) is 9.57. The fourth-order valence-corrected chi connectivity index (χ4v) is 2.45. The molecule has 1 N–H and O–H groups in total. The molecule has 1 aromatic rings. The summed E-state index contributed by atoms with van der Waals surface area (Å²) in [5.74, 6) is -0.742. The third-order valence-electron chi connectivity index (χ3n) is 3.42. The molecule has 1 aromatic heterocycles. The lowest BCUT2D eigenvalue weighted by Crippen LogP contribution is -2.44. The molecular weight excluding hydrogens is 282 g/mol. The number of imide groups is 1. The molecular formula is C16H23N3O3. The fraction of sp³-hybridized carbons (Fsp3) is 0.438. The van der Waals surface area contributed by atoms with Gasteiger partial charge >= 0.3 is 5.69 Å². The maximum atomic E-state index is 12.3. The SMILES string of the molecule is C=Cc1c(/C=C\C)n(C)c(=O)n1C1CCC(=O)NC1=O.CC. The van der Waals surface area contributed by atoms with Gasteiger partial charge in [-0.3, -0.25) is 24.0 Å². The summed E-state index contributed by atoms with van der Waals surface area (Å²) in [6.07, 6.45) is 5.72. The van der Waals surface area contributed by atoms with Gasteiger partial charge in [0.25, 0.3) is 0 Å². The quantitative estimate of drug-likeness (QED) is 0.866. The van der Waals surface area contributed by atoms with Crippen LogP contribution >= 0.6 is 0 Å². The lowest BCUT2D eigenvalue weighted by molar-refractivity contribution is -0.135. The molecule has 22 heavy (non-hydrogen) atoms. The van der Waals surface area contributed by atoms with Crippen molar-refractivity contribution in [3.05, 3.63) is 34.5 Å². The predicted molar refractivity (Wildman–Crippen MR) is 87.2 cm³/mol. The second kappa shape index (κ2) is 7.59. The summed E-state index contributed by atoms with van der Waals surface area (Å²) in [5, 5.41) is 2.27. The number of piperidine rings is 1. The highest BCUT2D eigenvalue weighted by Crippen LogP contribution is 2.22. The Bertz CT molecular complexity index is 665. The molecule has 1 aliphatic rings. The van der Waals surface area contributed by atoms with Crippen molar-refractivity contribution in [1.29, 1.82) is 0 Å². The third-order valence-corrected chi connectivity index (χ3v) is 3.42. The molecule has 6 heteroatoms. The molecule has 1 unspecified atom stereocenters. The van der Waals surface area contributed by atoms with Crippen molar-refractivity contribution < 1.29 is 9.59 Å². The minimum atomic E-state index is -0.668. The maximum Gasteiger partial charge on any atom is 0.329 e.